The van der Waals surface area contributed by atoms with Gasteiger partial charge in [0.05, 0.1) is 30.3 Å². The predicted molar refractivity (Wildman–Crippen MR) is 148 cm³/mol. The van der Waals surface area contributed by atoms with Crippen molar-refractivity contribution in [2.75, 3.05) is 37.8 Å². The molecular formula is C24H38IN5O4Si. The average Bonchev–Trinajstić information content (AvgIpc) is 3.27. The molecule has 2 aliphatic rings. The normalized spacial score (nSPS) is 22.3. The van der Waals surface area contributed by atoms with Crippen molar-refractivity contribution in [2.45, 2.75) is 71.3 Å². The summed E-state index contributed by atoms with van der Waals surface area (Å²) in [6, 6.07) is 2.98. The van der Waals surface area contributed by atoms with Gasteiger partial charge in [-0.3, -0.25) is 0 Å². The molecule has 4 rings (SSSR count). The molecule has 2 aromatic rings. The first kappa shape index (κ1) is 26.8. The number of rotatable bonds is 8. The number of pyridine rings is 1. The minimum absolute atomic E-state index is 0.0192. The van der Waals surface area contributed by atoms with Gasteiger partial charge >= 0.3 is 5.97 Å². The average molecular weight is 616 g/mol. The van der Waals surface area contributed by atoms with E-state index in [4.69, 9.17) is 24.9 Å². The number of nitrogens with zero attached hydrogens (tertiary/aromatic N) is 4. The van der Waals surface area contributed by atoms with E-state index in [1.54, 1.807) is 4.68 Å². The van der Waals surface area contributed by atoms with Gasteiger partial charge in [0.1, 0.15) is 16.2 Å². The van der Waals surface area contributed by atoms with Crippen LogP contribution in [0.4, 0.5) is 5.82 Å². The van der Waals surface area contributed by atoms with Crippen LogP contribution in [0.15, 0.2) is 6.07 Å². The zero-order chi connectivity index (χ0) is 25.4. The number of hydrogen-bond donors (Lipinski definition) is 1. The summed E-state index contributed by atoms with van der Waals surface area (Å²) in [7, 11) is -1.19. The minimum Gasteiger partial charge on any atom is -0.462 e. The number of carbonyl (C=O) groups is 1. The number of fused-ring (bicyclic) bond motifs is 1. The first-order valence-electron chi connectivity index (χ1n) is 12.5. The van der Waals surface area contributed by atoms with Gasteiger partial charge < -0.3 is 24.8 Å². The molecule has 0 radical (unpaired) electrons. The molecule has 1 spiro atoms. The molecule has 0 aliphatic carbocycles. The summed E-state index contributed by atoms with van der Waals surface area (Å²) in [5, 5.41) is 5.37. The second-order valence-electron chi connectivity index (χ2n) is 11.0. The van der Waals surface area contributed by atoms with Crippen molar-refractivity contribution in [3.8, 4) is 0 Å². The van der Waals surface area contributed by atoms with Crippen LogP contribution in [0.1, 0.15) is 37.0 Å². The molecule has 2 fully saturated rings. The van der Waals surface area contributed by atoms with Crippen LogP contribution >= 0.6 is 22.6 Å². The van der Waals surface area contributed by atoms with E-state index in [9.17, 15) is 4.79 Å². The number of esters is 1. The highest BCUT2D eigenvalue weighted by Gasteiger charge is 2.47. The van der Waals surface area contributed by atoms with Crippen molar-refractivity contribution in [3.05, 3.63) is 15.3 Å². The van der Waals surface area contributed by atoms with E-state index in [-0.39, 0.29) is 23.5 Å². The topological polar surface area (TPSA) is 105 Å². The lowest BCUT2D eigenvalue weighted by molar-refractivity contribution is 0.0528. The Hall–Kier alpha value is -1.28. The van der Waals surface area contributed by atoms with E-state index in [1.807, 2.05) is 13.0 Å². The van der Waals surface area contributed by atoms with Crippen LogP contribution < -0.4 is 10.6 Å². The highest BCUT2D eigenvalue weighted by Crippen LogP contribution is 2.42. The summed E-state index contributed by atoms with van der Waals surface area (Å²) >= 11 is 2.16. The van der Waals surface area contributed by atoms with Gasteiger partial charge in [0.15, 0.2) is 5.65 Å². The van der Waals surface area contributed by atoms with Crippen LogP contribution in [-0.4, -0.2) is 73.9 Å². The largest absolute Gasteiger partial charge is 0.462 e. The molecule has 2 aromatic heterocycles. The van der Waals surface area contributed by atoms with E-state index >= 15 is 0 Å². The van der Waals surface area contributed by atoms with Crippen LogP contribution in [0.5, 0.6) is 0 Å². The summed E-state index contributed by atoms with van der Waals surface area (Å²) in [6.45, 7) is 14.5. The molecule has 35 heavy (non-hydrogen) atoms. The lowest BCUT2D eigenvalue weighted by Gasteiger charge is -2.41. The molecule has 11 heteroatoms. The standard InChI is InChI=1S/C24H38IN5O4Si/c1-6-33-23(31)17-13-18(29-9-7-24(8-10-29)14-34-16(2)20(24)26)27-22-19(17)21(25)28-30(22)15-32-11-12-35(3,4)5/h13,16,20H,6-12,14-15,26H2,1-5H3/t16-,20+/m0/s1. The molecule has 0 bridgehead atoms. The third-order valence-corrected chi connectivity index (χ3v) is 9.74. The monoisotopic (exact) mass is 615 g/mol. The number of ether oxygens (including phenoxy) is 3. The van der Waals surface area contributed by atoms with Crippen molar-refractivity contribution in [2.24, 2.45) is 11.1 Å². The highest BCUT2D eigenvalue weighted by molar-refractivity contribution is 14.1. The van der Waals surface area contributed by atoms with Crippen LogP contribution in [-0.2, 0) is 20.9 Å². The Morgan fingerprint density at radius 1 is 1.34 bits per heavy atom. The fourth-order valence-electron chi connectivity index (χ4n) is 4.92. The fraction of sp³-hybridized carbons (Fsp3) is 0.708. The van der Waals surface area contributed by atoms with Gasteiger partial charge in [-0.1, -0.05) is 19.6 Å². The van der Waals surface area contributed by atoms with Gasteiger partial charge in [-0.25, -0.2) is 14.5 Å². The van der Waals surface area contributed by atoms with Crippen molar-refractivity contribution in [1.29, 1.82) is 0 Å². The smallest absolute Gasteiger partial charge is 0.339 e. The third kappa shape index (κ3) is 5.68. The number of halogens is 1. The molecule has 2 N–H and O–H groups in total. The Labute approximate surface area is 222 Å². The zero-order valence-corrected chi connectivity index (χ0v) is 24.6. The van der Waals surface area contributed by atoms with Crippen LogP contribution in [0, 0.1) is 9.12 Å². The zero-order valence-electron chi connectivity index (χ0n) is 21.5. The van der Waals surface area contributed by atoms with E-state index < -0.39 is 8.07 Å². The first-order valence-corrected chi connectivity index (χ1v) is 17.3. The first-order chi connectivity index (χ1) is 16.5. The Kier molecular flexibility index (Phi) is 8.11. The Morgan fingerprint density at radius 3 is 2.66 bits per heavy atom. The summed E-state index contributed by atoms with van der Waals surface area (Å²) in [5.74, 6) is 0.405. The maximum Gasteiger partial charge on any atom is 0.339 e. The van der Waals surface area contributed by atoms with Gasteiger partial charge in [-0.15, -0.1) is 0 Å². The summed E-state index contributed by atoms with van der Waals surface area (Å²) in [5.41, 5.74) is 7.68. The number of anilines is 1. The molecule has 2 saturated heterocycles. The van der Waals surface area contributed by atoms with Crippen molar-refractivity contribution >= 4 is 53.5 Å². The highest BCUT2D eigenvalue weighted by atomic mass is 127. The predicted octanol–water partition coefficient (Wildman–Crippen LogP) is 3.86. The van der Waals surface area contributed by atoms with Gasteiger partial charge in [0, 0.05) is 39.2 Å². The second kappa shape index (κ2) is 10.6. The molecule has 2 aliphatic heterocycles. The maximum atomic E-state index is 12.9. The number of piperidine rings is 1. The van der Waals surface area contributed by atoms with Crippen LogP contribution in [0.3, 0.4) is 0 Å². The van der Waals surface area contributed by atoms with Crippen molar-refractivity contribution in [3.63, 3.8) is 0 Å². The third-order valence-electron chi connectivity index (χ3n) is 7.28. The number of nitrogens with two attached hydrogens (primary N) is 1. The van der Waals surface area contributed by atoms with E-state index in [0.29, 0.717) is 41.5 Å². The Morgan fingerprint density at radius 2 is 2.06 bits per heavy atom. The lowest BCUT2D eigenvalue weighted by Crippen LogP contribution is -2.50. The summed E-state index contributed by atoms with van der Waals surface area (Å²) < 4.78 is 19.7. The molecule has 0 saturated carbocycles. The molecule has 0 unspecified atom stereocenters. The molecule has 0 aromatic carbocycles. The van der Waals surface area contributed by atoms with Crippen molar-refractivity contribution < 1.29 is 19.0 Å². The number of aromatic nitrogens is 3. The van der Waals surface area contributed by atoms with Gasteiger partial charge in [0.25, 0.3) is 0 Å². The van der Waals surface area contributed by atoms with Gasteiger partial charge in [0.2, 0.25) is 0 Å². The van der Waals surface area contributed by atoms with E-state index in [2.05, 4.69) is 59.2 Å². The van der Waals surface area contributed by atoms with E-state index in [1.165, 1.54) is 0 Å². The molecule has 2 atom stereocenters. The van der Waals surface area contributed by atoms with Gasteiger partial charge in [-0.05, 0) is 61.4 Å². The SMILES string of the molecule is CCOC(=O)c1cc(N2CCC3(CC2)CO[C@@H](C)[C@H]3N)nc2c1c(I)nn2COCC[Si](C)(C)C. The Balaban J connectivity index is 1.62. The van der Waals surface area contributed by atoms with E-state index in [0.717, 1.165) is 43.2 Å². The fourth-order valence-corrected chi connectivity index (χ4v) is 6.47. The van der Waals surface area contributed by atoms with Crippen LogP contribution in [0.25, 0.3) is 11.0 Å². The molecule has 9 nitrogen and oxygen atoms in total. The summed E-state index contributed by atoms with van der Waals surface area (Å²) in [6.07, 6.45) is 1.96. The van der Waals surface area contributed by atoms with Crippen molar-refractivity contribution in [1.82, 2.24) is 14.8 Å². The van der Waals surface area contributed by atoms with Gasteiger partial charge in [-0.2, -0.15) is 5.10 Å². The van der Waals surface area contributed by atoms with Crippen LogP contribution in [0.2, 0.25) is 25.7 Å². The quantitative estimate of drug-likeness (QED) is 0.207. The Bertz CT molecular complexity index is 1060. The molecular weight excluding hydrogens is 577 g/mol. The summed E-state index contributed by atoms with van der Waals surface area (Å²) in [4.78, 5) is 20.2. The molecule has 194 valence electrons. The molecule has 0 amide bonds. The minimum atomic E-state index is -1.19. The number of carbonyl (C=O) groups excluding carboxylic acids is 1. The maximum absolute atomic E-state index is 12.9. The second-order valence-corrected chi connectivity index (χ2v) is 17.6. The molecule has 4 heterocycles. The number of hydrogen-bond acceptors (Lipinski definition) is 8. The lowest BCUT2D eigenvalue weighted by atomic mass is 9.73.